The van der Waals surface area contributed by atoms with Gasteiger partial charge in [0.2, 0.25) is 0 Å². The summed E-state index contributed by atoms with van der Waals surface area (Å²) in [5.41, 5.74) is 4.48. The van der Waals surface area contributed by atoms with Crippen LogP contribution < -0.4 is 10.6 Å². The zero-order valence-corrected chi connectivity index (χ0v) is 15.9. The molecule has 0 bridgehead atoms. The summed E-state index contributed by atoms with van der Waals surface area (Å²) < 4.78 is 0. The summed E-state index contributed by atoms with van der Waals surface area (Å²) in [6.45, 7) is 6.31. The lowest BCUT2D eigenvalue weighted by atomic mass is 10.0. The highest BCUT2D eigenvalue weighted by molar-refractivity contribution is 6.05. The van der Waals surface area contributed by atoms with Crippen LogP contribution >= 0.6 is 0 Å². The lowest BCUT2D eigenvalue weighted by Crippen LogP contribution is -2.15. The van der Waals surface area contributed by atoms with Crippen LogP contribution in [0.3, 0.4) is 0 Å². The van der Waals surface area contributed by atoms with Crippen LogP contribution in [0.1, 0.15) is 54.2 Å². The first kappa shape index (κ1) is 18.6. The Balaban J connectivity index is 1.74. The van der Waals surface area contributed by atoms with Gasteiger partial charge in [-0.3, -0.25) is 9.78 Å². The zero-order valence-electron chi connectivity index (χ0n) is 15.9. The number of anilines is 2. The molecule has 0 spiro atoms. The van der Waals surface area contributed by atoms with Gasteiger partial charge in [-0.15, -0.1) is 0 Å². The van der Waals surface area contributed by atoms with Crippen molar-refractivity contribution < 1.29 is 4.79 Å². The monoisotopic (exact) mass is 359 g/mol. The average Bonchev–Trinajstić information content (AvgIpc) is 2.69. The normalized spacial score (nSPS) is 11.9. The molecular weight excluding hydrogens is 334 g/mol. The molecule has 0 aliphatic rings. The van der Waals surface area contributed by atoms with E-state index in [4.69, 9.17) is 0 Å². The number of carbonyl (C=O) groups is 1. The van der Waals surface area contributed by atoms with Crippen molar-refractivity contribution in [3.8, 4) is 0 Å². The Morgan fingerprint density at radius 2 is 1.63 bits per heavy atom. The first-order chi connectivity index (χ1) is 13.0. The Bertz CT molecular complexity index is 906. The van der Waals surface area contributed by atoms with E-state index < -0.39 is 0 Å². The van der Waals surface area contributed by atoms with Gasteiger partial charge in [-0.25, -0.2) is 0 Å². The molecule has 0 aliphatic heterocycles. The first-order valence-electron chi connectivity index (χ1n) is 9.21. The number of amides is 1. The van der Waals surface area contributed by atoms with Gasteiger partial charge in [0, 0.05) is 24.1 Å². The Kier molecular flexibility index (Phi) is 5.87. The highest BCUT2D eigenvalue weighted by atomic mass is 16.1. The molecule has 1 atom stereocenters. The Hall–Kier alpha value is -3.14. The largest absolute Gasteiger partial charge is 0.377 e. The van der Waals surface area contributed by atoms with E-state index in [1.807, 2.05) is 48.5 Å². The second-order valence-corrected chi connectivity index (χ2v) is 6.94. The molecule has 0 saturated heterocycles. The van der Waals surface area contributed by atoms with E-state index in [0.29, 0.717) is 11.5 Å². The fourth-order valence-corrected chi connectivity index (χ4v) is 3.03. The van der Waals surface area contributed by atoms with Crippen molar-refractivity contribution in [2.75, 3.05) is 10.6 Å². The molecule has 4 heteroatoms. The van der Waals surface area contributed by atoms with Crippen molar-refractivity contribution in [3.63, 3.8) is 0 Å². The predicted octanol–water partition coefficient (Wildman–Crippen LogP) is 5.63. The maximum Gasteiger partial charge on any atom is 0.257 e. The highest BCUT2D eigenvalue weighted by Crippen LogP contribution is 2.25. The van der Waals surface area contributed by atoms with Crippen LogP contribution in [0.4, 0.5) is 11.4 Å². The molecule has 0 fully saturated rings. The van der Waals surface area contributed by atoms with E-state index in [1.54, 1.807) is 12.4 Å². The van der Waals surface area contributed by atoms with E-state index in [0.717, 1.165) is 16.9 Å². The molecule has 2 aromatic carbocycles. The van der Waals surface area contributed by atoms with Crippen LogP contribution in [-0.2, 0) is 0 Å². The summed E-state index contributed by atoms with van der Waals surface area (Å²) in [7, 11) is 0. The number of nitrogens with zero attached hydrogens (tertiary/aromatic N) is 1. The van der Waals surface area contributed by atoms with Gasteiger partial charge in [0.1, 0.15) is 0 Å². The molecule has 138 valence electrons. The summed E-state index contributed by atoms with van der Waals surface area (Å²) in [5.74, 6) is 0.172. The van der Waals surface area contributed by atoms with Gasteiger partial charge in [0.25, 0.3) is 5.91 Å². The van der Waals surface area contributed by atoms with Gasteiger partial charge in [-0.05, 0) is 36.1 Å². The lowest BCUT2D eigenvalue weighted by molar-refractivity contribution is 0.102. The fourth-order valence-electron chi connectivity index (χ4n) is 3.03. The predicted molar refractivity (Wildman–Crippen MR) is 111 cm³/mol. The third-order valence-electron chi connectivity index (χ3n) is 4.51. The third kappa shape index (κ3) is 4.73. The molecule has 0 radical (unpaired) electrons. The Morgan fingerprint density at radius 1 is 0.926 bits per heavy atom. The molecule has 0 aliphatic carbocycles. The SMILES string of the molecule is CC(C)c1ccccc1NC(=O)c1cncc(NC(C)c2ccccc2)c1. The third-order valence-corrected chi connectivity index (χ3v) is 4.51. The first-order valence-corrected chi connectivity index (χ1v) is 9.21. The van der Waals surface area contributed by atoms with Crippen molar-refractivity contribution in [2.24, 2.45) is 0 Å². The number of aromatic nitrogens is 1. The molecule has 1 heterocycles. The summed E-state index contributed by atoms with van der Waals surface area (Å²) in [4.78, 5) is 16.9. The topological polar surface area (TPSA) is 54.0 Å². The molecule has 3 aromatic rings. The van der Waals surface area contributed by atoms with Crippen LogP contribution in [-0.4, -0.2) is 10.9 Å². The summed E-state index contributed by atoms with van der Waals surface area (Å²) >= 11 is 0. The summed E-state index contributed by atoms with van der Waals surface area (Å²) in [6.07, 6.45) is 3.32. The lowest BCUT2D eigenvalue weighted by Gasteiger charge is -2.16. The molecule has 3 rings (SSSR count). The second kappa shape index (κ2) is 8.49. The number of carbonyl (C=O) groups excluding carboxylic acids is 1. The van der Waals surface area contributed by atoms with E-state index >= 15 is 0 Å². The molecular formula is C23H25N3O. The van der Waals surface area contributed by atoms with Gasteiger partial charge in [-0.1, -0.05) is 62.4 Å². The summed E-state index contributed by atoms with van der Waals surface area (Å²) in [6, 6.07) is 20.0. The number of benzene rings is 2. The van der Waals surface area contributed by atoms with Crippen LogP contribution in [0.2, 0.25) is 0 Å². The number of hydrogen-bond donors (Lipinski definition) is 2. The van der Waals surface area contributed by atoms with Crippen molar-refractivity contribution in [1.82, 2.24) is 4.98 Å². The maximum absolute atomic E-state index is 12.7. The van der Waals surface area contributed by atoms with E-state index in [2.05, 4.69) is 48.5 Å². The number of para-hydroxylation sites is 1. The van der Waals surface area contributed by atoms with Gasteiger partial charge >= 0.3 is 0 Å². The quantitative estimate of drug-likeness (QED) is 0.600. The minimum absolute atomic E-state index is 0.118. The van der Waals surface area contributed by atoms with Crippen molar-refractivity contribution in [2.45, 2.75) is 32.7 Å². The maximum atomic E-state index is 12.7. The molecule has 2 N–H and O–H groups in total. The van der Waals surface area contributed by atoms with E-state index in [-0.39, 0.29) is 11.9 Å². The van der Waals surface area contributed by atoms with Crippen molar-refractivity contribution >= 4 is 17.3 Å². The highest BCUT2D eigenvalue weighted by Gasteiger charge is 2.12. The molecule has 1 amide bonds. The molecule has 1 aromatic heterocycles. The smallest absolute Gasteiger partial charge is 0.257 e. The summed E-state index contributed by atoms with van der Waals surface area (Å²) in [5, 5.41) is 6.42. The van der Waals surface area contributed by atoms with Crippen LogP contribution in [0, 0.1) is 0 Å². The second-order valence-electron chi connectivity index (χ2n) is 6.94. The molecule has 4 nitrogen and oxygen atoms in total. The van der Waals surface area contributed by atoms with Crippen molar-refractivity contribution in [3.05, 3.63) is 89.7 Å². The van der Waals surface area contributed by atoms with Gasteiger partial charge in [-0.2, -0.15) is 0 Å². The van der Waals surface area contributed by atoms with Crippen LogP contribution in [0.5, 0.6) is 0 Å². The molecule has 0 saturated carbocycles. The van der Waals surface area contributed by atoms with E-state index in [9.17, 15) is 4.79 Å². The van der Waals surface area contributed by atoms with Crippen LogP contribution in [0.15, 0.2) is 73.1 Å². The minimum atomic E-state index is -0.161. The minimum Gasteiger partial charge on any atom is -0.377 e. The number of nitrogens with one attached hydrogen (secondary N) is 2. The molecule has 1 unspecified atom stereocenters. The van der Waals surface area contributed by atoms with Gasteiger partial charge < -0.3 is 10.6 Å². The van der Waals surface area contributed by atoms with E-state index in [1.165, 1.54) is 5.56 Å². The Labute approximate surface area is 160 Å². The zero-order chi connectivity index (χ0) is 19.2. The Morgan fingerprint density at radius 3 is 2.37 bits per heavy atom. The molecule has 27 heavy (non-hydrogen) atoms. The number of rotatable bonds is 6. The average molecular weight is 359 g/mol. The van der Waals surface area contributed by atoms with Gasteiger partial charge in [0.15, 0.2) is 0 Å². The van der Waals surface area contributed by atoms with Crippen LogP contribution in [0.25, 0.3) is 0 Å². The standard InChI is InChI=1S/C23H25N3O/c1-16(2)21-11-7-8-12-22(21)26-23(27)19-13-20(15-24-14-19)25-17(3)18-9-5-4-6-10-18/h4-17,25H,1-3H3,(H,26,27). The number of hydrogen-bond acceptors (Lipinski definition) is 3. The fraction of sp³-hybridized carbons (Fsp3) is 0.217. The number of pyridine rings is 1. The van der Waals surface area contributed by atoms with Gasteiger partial charge in [0.05, 0.1) is 11.3 Å². The van der Waals surface area contributed by atoms with Crippen molar-refractivity contribution in [1.29, 1.82) is 0 Å².